The van der Waals surface area contributed by atoms with Crippen molar-refractivity contribution in [3.8, 4) is 0 Å². The van der Waals surface area contributed by atoms with Crippen LogP contribution in [0.1, 0.15) is 142 Å². The molecule has 222 valence electrons. The van der Waals surface area contributed by atoms with Crippen molar-refractivity contribution in [2.45, 2.75) is 155 Å². The van der Waals surface area contributed by atoms with E-state index in [-0.39, 0.29) is 0 Å². The van der Waals surface area contributed by atoms with E-state index in [0.717, 1.165) is 38.5 Å². The predicted molar refractivity (Wildman–Crippen MR) is 169 cm³/mol. The molecule has 0 N–H and O–H groups in total. The second-order valence-electron chi connectivity index (χ2n) is 11.8. The van der Waals surface area contributed by atoms with Gasteiger partial charge in [-0.25, -0.2) is 0 Å². The van der Waals surface area contributed by atoms with Crippen molar-refractivity contribution in [3.05, 3.63) is 53.3 Å². The summed E-state index contributed by atoms with van der Waals surface area (Å²) in [7, 11) is 0. The molecule has 0 aliphatic rings. The lowest BCUT2D eigenvalue weighted by Crippen LogP contribution is -2.27. The predicted octanol–water partition coefficient (Wildman–Crippen LogP) is 7.75. The second kappa shape index (κ2) is 17.3. The van der Waals surface area contributed by atoms with Gasteiger partial charge in [-0.05, 0) is 25.0 Å². The van der Waals surface area contributed by atoms with E-state index in [2.05, 4.69) is 13.8 Å². The summed E-state index contributed by atoms with van der Waals surface area (Å²) in [5.41, 5.74) is -1.12. The van der Waals surface area contributed by atoms with Gasteiger partial charge in [0.1, 0.15) is 0 Å². The molecule has 0 aliphatic carbocycles. The maximum atomic E-state index is 12.8. The van der Waals surface area contributed by atoms with E-state index < -0.39 is 22.0 Å². The standard InChI is InChI=1S/C34H52N2O4/c1-3-5-7-9-11-13-15-17-19-21-23-35-29-25-28-30(26-27(29)31(37)33(35)39)36(34(40)32(28)38)24-22-20-18-16-14-12-10-8-6-4-2/h25-26H,3-24H2,1-2H3. The fourth-order valence-corrected chi connectivity index (χ4v) is 6.04. The Balaban J connectivity index is 1.56. The van der Waals surface area contributed by atoms with Gasteiger partial charge in [0.25, 0.3) is 22.0 Å². The van der Waals surface area contributed by atoms with Crippen molar-refractivity contribution in [1.29, 1.82) is 0 Å². The molecule has 1 aromatic carbocycles. The Bertz CT molecular complexity index is 1270. The van der Waals surface area contributed by atoms with Crippen LogP contribution in [-0.2, 0) is 13.1 Å². The zero-order valence-electron chi connectivity index (χ0n) is 25.2. The molecular weight excluding hydrogens is 500 g/mol. The first kappa shape index (κ1) is 32.0. The summed E-state index contributed by atoms with van der Waals surface area (Å²) in [4.78, 5) is 51.2. The Kier molecular flexibility index (Phi) is 13.9. The van der Waals surface area contributed by atoms with Crippen molar-refractivity contribution < 1.29 is 0 Å². The minimum Gasteiger partial charge on any atom is -0.305 e. The van der Waals surface area contributed by atoms with Crippen LogP contribution in [0.2, 0.25) is 0 Å². The summed E-state index contributed by atoms with van der Waals surface area (Å²) in [6.07, 6.45) is 23.9. The lowest BCUT2D eigenvalue weighted by Gasteiger charge is -2.07. The third-order valence-corrected chi connectivity index (χ3v) is 8.53. The lowest BCUT2D eigenvalue weighted by molar-refractivity contribution is 0.535. The minimum atomic E-state index is -0.532. The van der Waals surface area contributed by atoms with Gasteiger partial charge in [-0.1, -0.05) is 129 Å². The molecule has 0 atom stereocenters. The number of aryl methyl sites for hydroxylation is 2. The number of unbranched alkanes of at least 4 members (excludes halogenated alkanes) is 18. The highest BCUT2D eigenvalue weighted by Gasteiger charge is 2.19. The average molecular weight is 553 g/mol. The number of rotatable bonds is 22. The van der Waals surface area contributed by atoms with Crippen LogP contribution in [0.15, 0.2) is 31.3 Å². The Morgan fingerprint density at radius 3 is 1.00 bits per heavy atom. The van der Waals surface area contributed by atoms with Gasteiger partial charge < -0.3 is 9.13 Å². The zero-order valence-corrected chi connectivity index (χ0v) is 25.2. The molecule has 2 heterocycles. The van der Waals surface area contributed by atoms with Gasteiger partial charge in [0, 0.05) is 13.1 Å². The number of fused-ring (bicyclic) bond motifs is 2. The van der Waals surface area contributed by atoms with Crippen LogP contribution in [0, 0.1) is 0 Å². The van der Waals surface area contributed by atoms with E-state index >= 15 is 0 Å². The van der Waals surface area contributed by atoms with Crippen molar-refractivity contribution in [3.63, 3.8) is 0 Å². The van der Waals surface area contributed by atoms with Gasteiger partial charge in [0.05, 0.1) is 21.8 Å². The fourth-order valence-electron chi connectivity index (χ4n) is 6.04. The SMILES string of the molecule is CCCCCCCCCCCCn1c(=O)c(=O)c2cc3c(cc21)c(=O)c(=O)n3CCCCCCCCCCCC. The van der Waals surface area contributed by atoms with E-state index in [9.17, 15) is 19.2 Å². The van der Waals surface area contributed by atoms with Gasteiger partial charge in [-0.2, -0.15) is 0 Å². The van der Waals surface area contributed by atoms with Crippen LogP contribution in [0.4, 0.5) is 0 Å². The van der Waals surface area contributed by atoms with Gasteiger partial charge in [0.15, 0.2) is 0 Å². The molecule has 0 amide bonds. The van der Waals surface area contributed by atoms with E-state index in [1.54, 1.807) is 12.1 Å². The molecule has 6 heteroatoms. The average Bonchev–Trinajstić information content (AvgIpc) is 3.33. The van der Waals surface area contributed by atoms with Crippen molar-refractivity contribution in [2.75, 3.05) is 0 Å². The van der Waals surface area contributed by atoms with Crippen LogP contribution in [0.3, 0.4) is 0 Å². The summed E-state index contributed by atoms with van der Waals surface area (Å²) < 4.78 is 3.04. The molecule has 0 radical (unpaired) electrons. The Morgan fingerprint density at radius 1 is 0.425 bits per heavy atom. The Labute approximate surface area is 239 Å². The molecule has 0 spiro atoms. The molecule has 0 unspecified atom stereocenters. The number of nitrogens with zero attached hydrogens (tertiary/aromatic N) is 2. The molecule has 0 saturated carbocycles. The van der Waals surface area contributed by atoms with E-state index in [1.807, 2.05) is 0 Å². The molecule has 3 rings (SSSR count). The second-order valence-corrected chi connectivity index (χ2v) is 11.8. The minimum absolute atomic E-state index is 0.325. The Hall–Kier alpha value is -2.50. The third kappa shape index (κ3) is 8.75. The van der Waals surface area contributed by atoms with Crippen LogP contribution >= 0.6 is 0 Å². The number of hydrogen-bond donors (Lipinski definition) is 0. The third-order valence-electron chi connectivity index (χ3n) is 8.53. The maximum absolute atomic E-state index is 12.8. The van der Waals surface area contributed by atoms with Crippen LogP contribution in [-0.4, -0.2) is 9.13 Å². The van der Waals surface area contributed by atoms with E-state index in [1.165, 1.54) is 99.0 Å². The largest absolute Gasteiger partial charge is 0.305 e. The molecule has 2 aromatic heterocycles. The van der Waals surface area contributed by atoms with Gasteiger partial charge in [-0.3, -0.25) is 19.2 Å². The molecule has 6 nitrogen and oxygen atoms in total. The van der Waals surface area contributed by atoms with Crippen molar-refractivity contribution in [2.24, 2.45) is 0 Å². The van der Waals surface area contributed by atoms with Crippen molar-refractivity contribution >= 4 is 21.8 Å². The fraction of sp³-hybridized carbons (Fsp3) is 0.706. The summed E-state index contributed by atoms with van der Waals surface area (Å²) in [6, 6.07) is 3.23. The molecule has 0 saturated heterocycles. The monoisotopic (exact) mass is 552 g/mol. The highest BCUT2D eigenvalue weighted by atomic mass is 16.2. The lowest BCUT2D eigenvalue weighted by atomic mass is 10.1. The number of hydrogen-bond acceptors (Lipinski definition) is 4. The van der Waals surface area contributed by atoms with Gasteiger partial charge in [-0.15, -0.1) is 0 Å². The van der Waals surface area contributed by atoms with Crippen LogP contribution in [0.5, 0.6) is 0 Å². The Morgan fingerprint density at radius 2 is 0.700 bits per heavy atom. The first-order chi connectivity index (χ1) is 19.5. The molecule has 0 aliphatic heterocycles. The topological polar surface area (TPSA) is 78.1 Å². The highest BCUT2D eigenvalue weighted by molar-refractivity contribution is 5.95. The van der Waals surface area contributed by atoms with E-state index in [4.69, 9.17) is 0 Å². The quantitative estimate of drug-likeness (QED) is 0.0943. The molecule has 0 fully saturated rings. The summed E-state index contributed by atoms with van der Waals surface area (Å²) >= 11 is 0. The molecule has 0 bridgehead atoms. The maximum Gasteiger partial charge on any atom is 0.299 e. The summed E-state index contributed by atoms with van der Waals surface area (Å²) in [5, 5.41) is 0.651. The summed E-state index contributed by atoms with van der Waals surface area (Å²) in [6.45, 7) is 5.40. The molecule has 40 heavy (non-hydrogen) atoms. The van der Waals surface area contributed by atoms with Gasteiger partial charge >= 0.3 is 0 Å². The van der Waals surface area contributed by atoms with E-state index in [0.29, 0.717) is 34.9 Å². The number of benzene rings is 1. The smallest absolute Gasteiger partial charge is 0.299 e. The van der Waals surface area contributed by atoms with Crippen molar-refractivity contribution in [1.82, 2.24) is 9.13 Å². The zero-order chi connectivity index (χ0) is 28.7. The first-order valence-electron chi connectivity index (χ1n) is 16.4. The molecule has 3 aromatic rings. The van der Waals surface area contributed by atoms with Crippen LogP contribution in [0.25, 0.3) is 21.8 Å². The first-order valence-corrected chi connectivity index (χ1v) is 16.4. The van der Waals surface area contributed by atoms with Gasteiger partial charge in [0.2, 0.25) is 0 Å². The highest BCUT2D eigenvalue weighted by Crippen LogP contribution is 2.20. The normalized spacial score (nSPS) is 11.8. The summed E-state index contributed by atoms with van der Waals surface area (Å²) in [5.74, 6) is 0. The molecular formula is C34H52N2O4. The number of aromatic nitrogens is 2. The van der Waals surface area contributed by atoms with Crippen LogP contribution < -0.4 is 22.0 Å².